The molecular weight excluding hydrogens is 483 g/mol. The highest BCUT2D eigenvalue weighted by Gasteiger charge is 2.26. The molecule has 2 N–H and O–H groups in total. The molecule has 36 heavy (non-hydrogen) atoms. The minimum absolute atomic E-state index is 0.0828. The molecule has 2 aromatic heterocycles. The molecule has 0 saturated heterocycles. The SMILES string of the molecule is N#C/C(=C\C1CC1)S(=O)(=O)CCn1nc(-c2ccc(Oc3ccccc3)cc2F)c2c(N)ncnc21. The maximum Gasteiger partial charge on any atom is 0.189 e. The lowest BCUT2D eigenvalue weighted by Crippen LogP contribution is -2.15. The molecule has 11 heteroatoms. The monoisotopic (exact) mass is 504 g/mol. The smallest absolute Gasteiger partial charge is 0.189 e. The summed E-state index contributed by atoms with van der Waals surface area (Å²) in [5, 5.41) is 14.1. The average molecular weight is 505 g/mol. The highest BCUT2D eigenvalue weighted by Crippen LogP contribution is 2.35. The quantitative estimate of drug-likeness (QED) is 0.352. The van der Waals surface area contributed by atoms with E-state index >= 15 is 4.39 Å². The molecule has 0 amide bonds. The minimum Gasteiger partial charge on any atom is -0.457 e. The van der Waals surface area contributed by atoms with Crippen LogP contribution in [0.15, 0.2) is 65.8 Å². The van der Waals surface area contributed by atoms with Crippen molar-refractivity contribution >= 4 is 26.7 Å². The first-order valence-corrected chi connectivity index (χ1v) is 12.9. The van der Waals surface area contributed by atoms with Gasteiger partial charge in [-0.25, -0.2) is 27.5 Å². The molecule has 5 rings (SSSR count). The van der Waals surface area contributed by atoms with E-state index in [-0.39, 0.29) is 45.8 Å². The van der Waals surface area contributed by atoms with Crippen LogP contribution in [0.3, 0.4) is 0 Å². The number of aromatic nitrogens is 4. The van der Waals surface area contributed by atoms with Crippen molar-refractivity contribution < 1.29 is 17.5 Å². The zero-order chi connectivity index (χ0) is 25.3. The number of anilines is 1. The van der Waals surface area contributed by atoms with Crippen LogP contribution in [0.5, 0.6) is 11.5 Å². The molecule has 0 radical (unpaired) electrons. The summed E-state index contributed by atoms with van der Waals surface area (Å²) in [6, 6.07) is 15.1. The van der Waals surface area contributed by atoms with Crippen molar-refractivity contribution in [1.29, 1.82) is 5.26 Å². The van der Waals surface area contributed by atoms with Crippen LogP contribution in [0, 0.1) is 23.1 Å². The number of nitrogen functional groups attached to an aromatic ring is 1. The fourth-order valence-electron chi connectivity index (χ4n) is 3.75. The summed E-state index contributed by atoms with van der Waals surface area (Å²) in [5.74, 6) is 0.102. The number of benzene rings is 2. The van der Waals surface area contributed by atoms with E-state index < -0.39 is 15.7 Å². The van der Waals surface area contributed by atoms with Crippen LogP contribution in [0.2, 0.25) is 0 Å². The van der Waals surface area contributed by atoms with Gasteiger partial charge in [-0.2, -0.15) is 10.4 Å². The number of fused-ring (bicyclic) bond motifs is 1. The van der Waals surface area contributed by atoms with E-state index in [2.05, 4.69) is 15.1 Å². The fraction of sp³-hybridized carbons (Fsp3) is 0.200. The Bertz CT molecular complexity index is 1620. The summed E-state index contributed by atoms with van der Waals surface area (Å²) in [7, 11) is -3.83. The van der Waals surface area contributed by atoms with E-state index in [9.17, 15) is 13.7 Å². The van der Waals surface area contributed by atoms with Gasteiger partial charge in [0.05, 0.1) is 17.7 Å². The van der Waals surface area contributed by atoms with Gasteiger partial charge in [0.1, 0.15) is 46.1 Å². The maximum absolute atomic E-state index is 15.2. The van der Waals surface area contributed by atoms with Gasteiger partial charge < -0.3 is 10.5 Å². The third-order valence-electron chi connectivity index (χ3n) is 5.76. The summed E-state index contributed by atoms with van der Waals surface area (Å²) in [6.07, 6.45) is 4.50. The zero-order valence-corrected chi connectivity index (χ0v) is 19.8. The molecule has 0 unspecified atom stereocenters. The lowest BCUT2D eigenvalue weighted by Gasteiger charge is -2.07. The van der Waals surface area contributed by atoms with E-state index in [0.29, 0.717) is 16.9 Å². The summed E-state index contributed by atoms with van der Waals surface area (Å²) in [6.45, 7) is -0.101. The molecule has 1 fully saturated rings. The Morgan fingerprint density at radius 1 is 1.19 bits per heavy atom. The second kappa shape index (κ2) is 9.39. The number of hydrogen-bond donors (Lipinski definition) is 1. The van der Waals surface area contributed by atoms with Gasteiger partial charge >= 0.3 is 0 Å². The van der Waals surface area contributed by atoms with Crippen molar-refractivity contribution in [3.05, 3.63) is 71.7 Å². The number of nitrogens with two attached hydrogens (primary N) is 1. The lowest BCUT2D eigenvalue weighted by molar-refractivity contribution is 0.477. The van der Waals surface area contributed by atoms with Gasteiger partial charge in [0, 0.05) is 11.6 Å². The highest BCUT2D eigenvalue weighted by molar-refractivity contribution is 7.95. The van der Waals surface area contributed by atoms with Gasteiger partial charge in [0.2, 0.25) is 0 Å². The molecule has 2 heterocycles. The minimum atomic E-state index is -3.83. The Morgan fingerprint density at radius 2 is 1.97 bits per heavy atom. The van der Waals surface area contributed by atoms with Gasteiger partial charge in [0.15, 0.2) is 15.5 Å². The van der Waals surface area contributed by atoms with Crippen molar-refractivity contribution in [2.45, 2.75) is 19.4 Å². The van der Waals surface area contributed by atoms with Crippen LogP contribution in [0.1, 0.15) is 12.8 Å². The van der Waals surface area contributed by atoms with E-state index in [0.717, 1.165) is 12.8 Å². The number of para-hydroxylation sites is 1. The van der Waals surface area contributed by atoms with Crippen LogP contribution in [-0.4, -0.2) is 33.9 Å². The van der Waals surface area contributed by atoms with Crippen molar-refractivity contribution in [3.8, 4) is 28.8 Å². The highest BCUT2D eigenvalue weighted by atomic mass is 32.2. The molecule has 9 nitrogen and oxygen atoms in total. The van der Waals surface area contributed by atoms with E-state index in [1.165, 1.54) is 29.2 Å². The van der Waals surface area contributed by atoms with Gasteiger partial charge in [-0.3, -0.25) is 0 Å². The largest absolute Gasteiger partial charge is 0.457 e. The Hall–Kier alpha value is -4.30. The zero-order valence-electron chi connectivity index (χ0n) is 19.0. The van der Waals surface area contributed by atoms with E-state index in [1.54, 1.807) is 24.3 Å². The number of nitriles is 1. The summed E-state index contributed by atoms with van der Waals surface area (Å²) in [5.41, 5.74) is 6.66. The van der Waals surface area contributed by atoms with Crippen LogP contribution >= 0.6 is 0 Å². The van der Waals surface area contributed by atoms with Gasteiger partial charge in [-0.1, -0.05) is 24.3 Å². The molecule has 1 aliphatic carbocycles. The van der Waals surface area contributed by atoms with Crippen LogP contribution in [0.25, 0.3) is 22.3 Å². The maximum atomic E-state index is 15.2. The molecule has 0 atom stereocenters. The average Bonchev–Trinajstić information content (AvgIpc) is 3.61. The van der Waals surface area contributed by atoms with E-state index in [1.807, 2.05) is 18.2 Å². The predicted molar refractivity (Wildman–Crippen MR) is 132 cm³/mol. The Morgan fingerprint density at radius 3 is 2.67 bits per heavy atom. The number of nitrogens with zero attached hydrogens (tertiary/aromatic N) is 5. The van der Waals surface area contributed by atoms with Crippen LogP contribution in [0.4, 0.5) is 10.2 Å². The predicted octanol–water partition coefficient (Wildman–Crippen LogP) is 4.24. The summed E-state index contributed by atoms with van der Waals surface area (Å²) >= 11 is 0. The molecule has 0 aliphatic heterocycles. The normalized spacial score (nSPS) is 14.1. The molecule has 182 valence electrons. The van der Waals surface area contributed by atoms with Crippen molar-refractivity contribution in [1.82, 2.24) is 19.7 Å². The Labute approximate surface area is 206 Å². The number of sulfone groups is 1. The second-order valence-corrected chi connectivity index (χ2v) is 10.5. The molecule has 0 spiro atoms. The Kier molecular flexibility index (Phi) is 6.12. The first-order chi connectivity index (χ1) is 17.4. The topological polar surface area (TPSA) is 137 Å². The molecule has 1 aliphatic rings. The fourth-order valence-corrected chi connectivity index (χ4v) is 4.93. The van der Waals surface area contributed by atoms with Crippen molar-refractivity contribution in [3.63, 3.8) is 0 Å². The summed E-state index contributed by atoms with van der Waals surface area (Å²) in [4.78, 5) is 7.96. The Balaban J connectivity index is 1.48. The molecule has 4 aromatic rings. The van der Waals surface area contributed by atoms with Gasteiger partial charge in [-0.05, 0) is 43.0 Å². The lowest BCUT2D eigenvalue weighted by atomic mass is 10.1. The van der Waals surface area contributed by atoms with Crippen molar-refractivity contribution in [2.24, 2.45) is 5.92 Å². The molecule has 0 bridgehead atoms. The van der Waals surface area contributed by atoms with E-state index in [4.69, 9.17) is 10.5 Å². The summed E-state index contributed by atoms with van der Waals surface area (Å²) < 4.78 is 47.8. The number of ether oxygens (including phenoxy) is 1. The first kappa shape index (κ1) is 23.4. The number of rotatable bonds is 8. The van der Waals surface area contributed by atoms with Gasteiger partial charge in [-0.15, -0.1) is 0 Å². The first-order valence-electron chi connectivity index (χ1n) is 11.2. The van der Waals surface area contributed by atoms with Crippen LogP contribution < -0.4 is 10.5 Å². The van der Waals surface area contributed by atoms with Crippen molar-refractivity contribution in [2.75, 3.05) is 11.5 Å². The number of aryl methyl sites for hydroxylation is 1. The third-order valence-corrected chi connectivity index (χ3v) is 7.38. The van der Waals surface area contributed by atoms with Crippen LogP contribution in [-0.2, 0) is 16.4 Å². The number of halogens is 1. The molecular formula is C25H21FN6O3S. The van der Waals surface area contributed by atoms with Gasteiger partial charge in [0.25, 0.3) is 0 Å². The molecule has 1 saturated carbocycles. The number of hydrogen-bond acceptors (Lipinski definition) is 8. The number of allylic oxidation sites excluding steroid dienone is 2. The second-order valence-electron chi connectivity index (χ2n) is 8.39. The standard InChI is InChI=1S/C25H21FN6O3S/c26-21-13-18(35-17-4-2-1-3-5-17)8-9-20(21)23-22-24(28)29-15-30-25(22)32(31-23)10-11-36(33,34)19(14-27)12-16-6-7-16/h1-5,8-9,12-13,15-16H,6-7,10-11H2,(H2,28,29,30)/b19-12+. The molecule has 2 aromatic carbocycles. The third kappa shape index (κ3) is 4.76.